The number of ether oxygens (including phenoxy) is 3. The summed E-state index contributed by atoms with van der Waals surface area (Å²) in [6.07, 6.45) is 75.2. The monoisotopic (exact) mass is 993 g/mol. The molecule has 1 unspecified atom stereocenters. The molecule has 0 rings (SSSR count). The van der Waals surface area contributed by atoms with Crippen LogP contribution in [-0.2, 0) is 28.6 Å². The Bertz CT molecular complexity index is 1280. The molecule has 0 saturated heterocycles. The molecule has 0 N–H and O–H groups in total. The Morgan fingerprint density at radius 2 is 0.549 bits per heavy atom. The quantitative estimate of drug-likeness (QED) is 0.0261. The van der Waals surface area contributed by atoms with Gasteiger partial charge in [0.2, 0.25) is 0 Å². The van der Waals surface area contributed by atoms with Crippen molar-refractivity contribution in [1.82, 2.24) is 0 Å². The number of esters is 3. The lowest BCUT2D eigenvalue weighted by atomic mass is 10.0. The van der Waals surface area contributed by atoms with Crippen molar-refractivity contribution in [1.29, 1.82) is 0 Å². The Morgan fingerprint density at radius 3 is 0.859 bits per heavy atom. The molecule has 0 radical (unpaired) electrons. The topological polar surface area (TPSA) is 78.9 Å². The molecule has 0 bridgehead atoms. The van der Waals surface area contributed by atoms with Crippen molar-refractivity contribution >= 4 is 17.9 Å². The van der Waals surface area contributed by atoms with Gasteiger partial charge in [0, 0.05) is 19.3 Å². The minimum atomic E-state index is -0.781. The minimum Gasteiger partial charge on any atom is -0.462 e. The van der Waals surface area contributed by atoms with Crippen molar-refractivity contribution in [3.63, 3.8) is 0 Å². The molecule has 0 aromatic heterocycles. The summed E-state index contributed by atoms with van der Waals surface area (Å²) in [4.78, 5) is 38.1. The number of allylic oxidation sites excluding steroid dienone is 10. The van der Waals surface area contributed by atoms with E-state index in [0.29, 0.717) is 19.3 Å². The van der Waals surface area contributed by atoms with Gasteiger partial charge in [-0.2, -0.15) is 0 Å². The molecule has 0 aliphatic heterocycles. The molecule has 0 heterocycles. The lowest BCUT2D eigenvalue weighted by Crippen LogP contribution is -2.30. The fourth-order valence-corrected chi connectivity index (χ4v) is 8.94. The molecule has 0 amide bonds. The van der Waals surface area contributed by atoms with Crippen LogP contribution in [0.4, 0.5) is 0 Å². The lowest BCUT2D eigenvalue weighted by Gasteiger charge is -2.18. The second kappa shape index (κ2) is 59.7. The molecule has 0 fully saturated rings. The van der Waals surface area contributed by atoms with Crippen LogP contribution in [-0.4, -0.2) is 37.2 Å². The lowest BCUT2D eigenvalue weighted by molar-refractivity contribution is -0.167. The van der Waals surface area contributed by atoms with E-state index in [1.54, 1.807) is 0 Å². The van der Waals surface area contributed by atoms with Gasteiger partial charge in [-0.05, 0) is 64.2 Å². The Hall–Kier alpha value is -2.89. The van der Waals surface area contributed by atoms with Crippen molar-refractivity contribution in [3.8, 4) is 0 Å². The molecule has 0 aromatic carbocycles. The third-order valence-electron chi connectivity index (χ3n) is 13.5. The van der Waals surface area contributed by atoms with Crippen molar-refractivity contribution in [2.24, 2.45) is 0 Å². The van der Waals surface area contributed by atoms with Gasteiger partial charge in [-0.15, -0.1) is 0 Å². The summed E-state index contributed by atoms with van der Waals surface area (Å²) in [5, 5.41) is 0. The second-order valence-electron chi connectivity index (χ2n) is 20.6. The van der Waals surface area contributed by atoms with E-state index in [9.17, 15) is 14.4 Å². The molecule has 1 atom stereocenters. The molecule has 6 nitrogen and oxygen atoms in total. The van der Waals surface area contributed by atoms with Gasteiger partial charge >= 0.3 is 17.9 Å². The van der Waals surface area contributed by atoms with E-state index in [-0.39, 0.29) is 31.1 Å². The first-order valence-corrected chi connectivity index (χ1v) is 30.8. The van der Waals surface area contributed by atoms with Crippen molar-refractivity contribution < 1.29 is 28.6 Å². The van der Waals surface area contributed by atoms with Crippen LogP contribution in [0.15, 0.2) is 60.8 Å². The van der Waals surface area contributed by atoms with Gasteiger partial charge in [-0.3, -0.25) is 14.4 Å². The van der Waals surface area contributed by atoms with E-state index in [2.05, 4.69) is 81.5 Å². The molecule has 71 heavy (non-hydrogen) atoms. The maximum absolute atomic E-state index is 12.9. The molecule has 0 aliphatic rings. The first-order chi connectivity index (χ1) is 35.0. The smallest absolute Gasteiger partial charge is 0.306 e. The van der Waals surface area contributed by atoms with Gasteiger partial charge in [-0.25, -0.2) is 0 Å². The third-order valence-corrected chi connectivity index (χ3v) is 13.5. The highest BCUT2D eigenvalue weighted by Crippen LogP contribution is 2.17. The van der Waals surface area contributed by atoms with Gasteiger partial charge < -0.3 is 14.2 Å². The van der Waals surface area contributed by atoms with Crippen LogP contribution in [0.5, 0.6) is 0 Å². The van der Waals surface area contributed by atoms with Gasteiger partial charge in [0.1, 0.15) is 13.2 Å². The van der Waals surface area contributed by atoms with E-state index >= 15 is 0 Å². The predicted molar refractivity (Wildman–Crippen MR) is 307 cm³/mol. The standard InChI is InChI=1S/C65H116O6/c1-4-7-10-13-16-19-21-23-25-27-29-31-32-34-35-37-39-41-43-46-49-52-55-58-64(67)70-61-62(60-69-63(66)57-54-51-48-45-18-15-12-9-6-3)71-65(68)59-56-53-50-47-44-42-40-38-36-33-30-28-26-24-22-20-17-14-11-8-5-2/h8,11,17,20,24,26,30,33,38,40,62H,4-7,9-10,12-16,18-19,21-23,25,27-29,31-32,34-37,39,41-61H2,1-3H3/b11-8-,20-17-,26-24-,33-30-,40-38-. The third kappa shape index (κ3) is 57.9. The summed E-state index contributed by atoms with van der Waals surface area (Å²) < 4.78 is 16.9. The maximum Gasteiger partial charge on any atom is 0.306 e. The predicted octanol–water partition coefficient (Wildman–Crippen LogP) is 20.8. The van der Waals surface area contributed by atoms with E-state index < -0.39 is 6.10 Å². The zero-order valence-corrected chi connectivity index (χ0v) is 47.2. The Labute approximate surface area is 440 Å². The Kier molecular flexibility index (Phi) is 57.2. The number of unbranched alkanes of at least 4 members (excludes halogenated alkanes) is 35. The summed E-state index contributed by atoms with van der Waals surface area (Å²) in [6.45, 7) is 6.53. The molecule has 0 aromatic rings. The van der Waals surface area contributed by atoms with E-state index in [1.807, 2.05) is 0 Å². The summed E-state index contributed by atoms with van der Waals surface area (Å²) >= 11 is 0. The van der Waals surface area contributed by atoms with Crippen LogP contribution >= 0.6 is 0 Å². The number of hydrogen-bond donors (Lipinski definition) is 0. The van der Waals surface area contributed by atoms with Gasteiger partial charge in [0.15, 0.2) is 6.10 Å². The summed E-state index contributed by atoms with van der Waals surface area (Å²) in [5.41, 5.74) is 0. The summed E-state index contributed by atoms with van der Waals surface area (Å²) in [6, 6.07) is 0. The average Bonchev–Trinajstić information content (AvgIpc) is 3.37. The van der Waals surface area contributed by atoms with Crippen molar-refractivity contribution in [3.05, 3.63) is 60.8 Å². The van der Waals surface area contributed by atoms with E-state index in [1.165, 1.54) is 167 Å². The normalized spacial score (nSPS) is 12.4. The second-order valence-corrected chi connectivity index (χ2v) is 20.6. The fourth-order valence-electron chi connectivity index (χ4n) is 8.94. The maximum atomic E-state index is 12.9. The largest absolute Gasteiger partial charge is 0.462 e. The highest BCUT2D eigenvalue weighted by atomic mass is 16.6. The number of carbonyl (C=O) groups is 3. The van der Waals surface area contributed by atoms with E-state index in [4.69, 9.17) is 14.2 Å². The summed E-state index contributed by atoms with van der Waals surface area (Å²) in [7, 11) is 0. The highest BCUT2D eigenvalue weighted by Gasteiger charge is 2.19. The van der Waals surface area contributed by atoms with Gasteiger partial charge in [0.05, 0.1) is 0 Å². The van der Waals surface area contributed by atoms with Crippen molar-refractivity contribution in [2.75, 3.05) is 13.2 Å². The van der Waals surface area contributed by atoms with Crippen LogP contribution in [0.25, 0.3) is 0 Å². The van der Waals surface area contributed by atoms with E-state index in [0.717, 1.165) is 109 Å². The van der Waals surface area contributed by atoms with Crippen LogP contribution in [0, 0.1) is 0 Å². The molecule has 0 saturated carbocycles. The number of rotatable bonds is 56. The fraction of sp³-hybridized carbons (Fsp3) is 0.800. The Morgan fingerprint density at radius 1 is 0.296 bits per heavy atom. The van der Waals surface area contributed by atoms with Crippen LogP contribution < -0.4 is 0 Å². The SMILES string of the molecule is CC/C=C\C/C=C\C/C=C\C/C=C\C/C=C\CCCCCCCC(=O)OC(COC(=O)CCCCCCCCCCC)COC(=O)CCCCCCCCCCCCCCCCCCCCCCCCC. The Balaban J connectivity index is 4.24. The summed E-state index contributed by atoms with van der Waals surface area (Å²) in [5.74, 6) is -0.885. The zero-order valence-electron chi connectivity index (χ0n) is 47.2. The highest BCUT2D eigenvalue weighted by molar-refractivity contribution is 5.71. The molecular formula is C65H116O6. The average molecular weight is 994 g/mol. The molecule has 0 aliphatic carbocycles. The zero-order chi connectivity index (χ0) is 51.4. The minimum absolute atomic E-state index is 0.0783. The molecular weight excluding hydrogens is 877 g/mol. The number of carbonyl (C=O) groups excluding carboxylic acids is 3. The van der Waals surface area contributed by atoms with Gasteiger partial charge in [0.25, 0.3) is 0 Å². The van der Waals surface area contributed by atoms with Crippen LogP contribution in [0.2, 0.25) is 0 Å². The first kappa shape index (κ1) is 68.1. The number of hydrogen-bond acceptors (Lipinski definition) is 6. The van der Waals surface area contributed by atoms with Gasteiger partial charge in [-0.1, -0.05) is 293 Å². The van der Waals surface area contributed by atoms with Crippen LogP contribution in [0.1, 0.15) is 316 Å². The van der Waals surface area contributed by atoms with Crippen LogP contribution in [0.3, 0.4) is 0 Å². The molecule has 0 spiro atoms. The molecule has 6 heteroatoms. The molecule has 412 valence electrons. The van der Waals surface area contributed by atoms with Crippen molar-refractivity contribution in [2.45, 2.75) is 322 Å². The first-order valence-electron chi connectivity index (χ1n) is 30.8.